The van der Waals surface area contributed by atoms with Gasteiger partial charge in [0.05, 0.1) is 18.9 Å². The van der Waals surface area contributed by atoms with Crippen LogP contribution in [-0.4, -0.2) is 39.0 Å². The molecule has 2 aromatic rings. The van der Waals surface area contributed by atoms with Gasteiger partial charge in [0, 0.05) is 25.9 Å². The van der Waals surface area contributed by atoms with Crippen LogP contribution in [0.2, 0.25) is 0 Å². The van der Waals surface area contributed by atoms with Gasteiger partial charge in [-0.05, 0) is 18.4 Å². The molecule has 1 amide bonds. The Morgan fingerprint density at radius 3 is 2.77 bits per heavy atom. The molecule has 1 aliphatic carbocycles. The third-order valence-corrected chi connectivity index (χ3v) is 5.28. The summed E-state index contributed by atoms with van der Waals surface area (Å²) in [5, 5.41) is 8.51. The number of hydrogen-bond acceptors (Lipinski definition) is 4. The van der Waals surface area contributed by atoms with Crippen molar-refractivity contribution in [1.82, 2.24) is 19.9 Å². The number of ether oxygens (including phenoxy) is 1. The summed E-state index contributed by atoms with van der Waals surface area (Å²) in [6.45, 7) is 1.66. The molecule has 1 aromatic carbocycles. The maximum absolute atomic E-state index is 13.0. The Morgan fingerprint density at radius 2 is 2.00 bits per heavy atom. The zero-order valence-corrected chi connectivity index (χ0v) is 15.0. The fourth-order valence-corrected chi connectivity index (χ4v) is 3.82. The average molecular weight is 352 g/mol. The van der Waals surface area contributed by atoms with Crippen LogP contribution >= 0.6 is 0 Å². The van der Waals surface area contributed by atoms with Gasteiger partial charge < -0.3 is 9.64 Å². The number of amides is 1. The molecule has 4 rings (SSSR count). The number of benzene rings is 1. The van der Waals surface area contributed by atoms with Crippen molar-refractivity contribution in [2.75, 3.05) is 13.2 Å². The Balaban J connectivity index is 1.50. The molecule has 2 heterocycles. The van der Waals surface area contributed by atoms with Crippen molar-refractivity contribution in [3.05, 3.63) is 59.4 Å². The first kappa shape index (κ1) is 17.0. The summed E-state index contributed by atoms with van der Waals surface area (Å²) in [6.07, 6.45) is 6.66. The predicted octanol–water partition coefficient (Wildman–Crippen LogP) is 2.42. The second kappa shape index (κ2) is 7.41. The number of carbonyl (C=O) groups excluding carboxylic acids is 1. The van der Waals surface area contributed by atoms with Crippen LogP contribution in [0, 0.1) is 5.92 Å². The highest BCUT2D eigenvalue weighted by Gasteiger charge is 2.37. The van der Waals surface area contributed by atoms with Gasteiger partial charge in [0.15, 0.2) is 0 Å². The number of carbonyl (C=O) groups is 1. The van der Waals surface area contributed by atoms with E-state index in [1.165, 1.54) is 0 Å². The molecule has 6 heteroatoms. The Kier molecular flexibility index (Phi) is 4.84. The zero-order valence-electron chi connectivity index (χ0n) is 15.0. The summed E-state index contributed by atoms with van der Waals surface area (Å²) < 4.78 is 7.80. The molecule has 6 nitrogen and oxygen atoms in total. The summed E-state index contributed by atoms with van der Waals surface area (Å²) in [7, 11) is 1.91. The van der Waals surface area contributed by atoms with Gasteiger partial charge in [-0.25, -0.2) is 0 Å². The van der Waals surface area contributed by atoms with Gasteiger partial charge in [-0.1, -0.05) is 47.7 Å². The minimum atomic E-state index is -0.163. The number of nitrogens with zero attached hydrogens (tertiary/aromatic N) is 4. The SMILES string of the molecule is Cn1nnc2c1CCN(C(=O)C1CC=CC1)[C@@H]2COCc1ccccc1. The molecule has 0 saturated heterocycles. The van der Waals surface area contributed by atoms with Crippen LogP contribution in [-0.2, 0) is 29.6 Å². The monoisotopic (exact) mass is 352 g/mol. The van der Waals surface area contributed by atoms with Crippen molar-refractivity contribution < 1.29 is 9.53 Å². The highest BCUT2D eigenvalue weighted by atomic mass is 16.5. The zero-order chi connectivity index (χ0) is 17.9. The quantitative estimate of drug-likeness (QED) is 0.776. The van der Waals surface area contributed by atoms with Crippen LogP contribution in [0.1, 0.15) is 35.8 Å². The maximum Gasteiger partial charge on any atom is 0.226 e. The lowest BCUT2D eigenvalue weighted by molar-refractivity contribution is -0.140. The number of aryl methyl sites for hydroxylation is 1. The molecule has 0 unspecified atom stereocenters. The molecule has 0 saturated carbocycles. The van der Waals surface area contributed by atoms with Crippen molar-refractivity contribution in [3.8, 4) is 0 Å². The first-order valence-electron chi connectivity index (χ1n) is 9.19. The van der Waals surface area contributed by atoms with Gasteiger partial charge in [-0.3, -0.25) is 9.48 Å². The molecule has 0 N–H and O–H groups in total. The molecule has 0 fully saturated rings. The van der Waals surface area contributed by atoms with Crippen LogP contribution in [0.5, 0.6) is 0 Å². The molecule has 2 aliphatic rings. The molecule has 136 valence electrons. The predicted molar refractivity (Wildman–Crippen MR) is 97.1 cm³/mol. The Morgan fingerprint density at radius 1 is 1.23 bits per heavy atom. The van der Waals surface area contributed by atoms with Crippen molar-refractivity contribution in [2.24, 2.45) is 13.0 Å². The van der Waals surface area contributed by atoms with Crippen LogP contribution in [0.4, 0.5) is 0 Å². The molecule has 1 atom stereocenters. The molecule has 0 radical (unpaired) electrons. The van der Waals surface area contributed by atoms with Crippen molar-refractivity contribution in [3.63, 3.8) is 0 Å². The first-order valence-corrected chi connectivity index (χ1v) is 9.19. The molecule has 0 bridgehead atoms. The highest BCUT2D eigenvalue weighted by Crippen LogP contribution is 2.32. The number of hydrogen-bond donors (Lipinski definition) is 0. The normalized spacial score (nSPS) is 19.7. The van der Waals surface area contributed by atoms with Crippen LogP contribution < -0.4 is 0 Å². The van der Waals surface area contributed by atoms with E-state index in [1.807, 2.05) is 47.0 Å². The minimum absolute atomic E-state index is 0.0600. The van der Waals surface area contributed by atoms with Gasteiger partial charge in [-0.2, -0.15) is 0 Å². The third-order valence-electron chi connectivity index (χ3n) is 5.28. The molecule has 0 spiro atoms. The second-order valence-electron chi connectivity index (χ2n) is 6.98. The Labute approximate surface area is 153 Å². The Hall–Kier alpha value is -2.47. The van der Waals surface area contributed by atoms with Crippen molar-refractivity contribution in [1.29, 1.82) is 0 Å². The fourth-order valence-electron chi connectivity index (χ4n) is 3.82. The highest BCUT2D eigenvalue weighted by molar-refractivity contribution is 5.80. The van der Waals surface area contributed by atoms with E-state index >= 15 is 0 Å². The molecule has 1 aliphatic heterocycles. The van der Waals surface area contributed by atoms with Gasteiger partial charge in [0.1, 0.15) is 11.7 Å². The standard InChI is InChI=1S/C20H24N4O2/c1-23-17-11-12-24(20(25)16-9-5-6-10-16)18(19(17)21-22-23)14-26-13-15-7-3-2-4-8-15/h2-8,16,18H,9-14H2,1H3/t18-/m1/s1. The van der Waals surface area contributed by atoms with Gasteiger partial charge in [0.2, 0.25) is 5.91 Å². The van der Waals surface area contributed by atoms with E-state index in [9.17, 15) is 4.79 Å². The van der Waals surface area contributed by atoms with E-state index in [2.05, 4.69) is 22.5 Å². The minimum Gasteiger partial charge on any atom is -0.374 e. The largest absolute Gasteiger partial charge is 0.374 e. The van der Waals surface area contributed by atoms with Crippen LogP contribution in [0.15, 0.2) is 42.5 Å². The van der Waals surface area contributed by atoms with Gasteiger partial charge in [0.25, 0.3) is 0 Å². The van der Waals surface area contributed by atoms with Crippen LogP contribution in [0.25, 0.3) is 0 Å². The lowest BCUT2D eigenvalue weighted by Crippen LogP contribution is -2.44. The van der Waals surface area contributed by atoms with E-state index < -0.39 is 0 Å². The van der Waals surface area contributed by atoms with E-state index in [1.54, 1.807) is 0 Å². The number of rotatable bonds is 5. The molecular formula is C20H24N4O2. The van der Waals surface area contributed by atoms with Gasteiger partial charge >= 0.3 is 0 Å². The lowest BCUT2D eigenvalue weighted by atomic mass is 9.98. The topological polar surface area (TPSA) is 60.2 Å². The number of allylic oxidation sites excluding steroid dienone is 2. The third kappa shape index (κ3) is 3.29. The molecule has 26 heavy (non-hydrogen) atoms. The fraction of sp³-hybridized carbons (Fsp3) is 0.450. The first-order chi connectivity index (χ1) is 12.7. The summed E-state index contributed by atoms with van der Waals surface area (Å²) >= 11 is 0. The summed E-state index contributed by atoms with van der Waals surface area (Å²) in [5.74, 6) is 0.268. The maximum atomic E-state index is 13.0. The van der Waals surface area contributed by atoms with E-state index in [0.717, 1.165) is 36.2 Å². The summed E-state index contributed by atoms with van der Waals surface area (Å²) in [4.78, 5) is 15.0. The average Bonchev–Trinajstić information content (AvgIpc) is 3.33. The van der Waals surface area contributed by atoms with E-state index in [0.29, 0.717) is 19.8 Å². The van der Waals surface area contributed by atoms with E-state index in [4.69, 9.17) is 4.74 Å². The summed E-state index contributed by atoms with van der Waals surface area (Å²) in [6, 6.07) is 9.92. The number of fused-ring (bicyclic) bond motifs is 1. The molecular weight excluding hydrogens is 328 g/mol. The van der Waals surface area contributed by atoms with E-state index in [-0.39, 0.29) is 17.9 Å². The van der Waals surface area contributed by atoms with Crippen molar-refractivity contribution >= 4 is 5.91 Å². The second-order valence-corrected chi connectivity index (χ2v) is 6.98. The Bertz CT molecular complexity index is 791. The molecule has 1 aromatic heterocycles. The lowest BCUT2D eigenvalue weighted by Gasteiger charge is -2.36. The van der Waals surface area contributed by atoms with Gasteiger partial charge in [-0.15, -0.1) is 5.10 Å². The van der Waals surface area contributed by atoms with Crippen molar-refractivity contribution in [2.45, 2.75) is 31.9 Å². The number of aromatic nitrogens is 3. The van der Waals surface area contributed by atoms with Crippen LogP contribution in [0.3, 0.4) is 0 Å². The smallest absolute Gasteiger partial charge is 0.226 e. The summed E-state index contributed by atoms with van der Waals surface area (Å²) in [5.41, 5.74) is 3.11.